The molecule has 0 aliphatic heterocycles. The molecule has 0 unspecified atom stereocenters. The first-order valence-electron chi connectivity index (χ1n) is 11.9. The third-order valence-corrected chi connectivity index (χ3v) is 6.98. The van der Waals surface area contributed by atoms with Crippen molar-refractivity contribution in [2.75, 3.05) is 0 Å². The number of aromatic nitrogens is 1. The van der Waals surface area contributed by atoms with E-state index in [1.165, 1.54) is 38.6 Å². The van der Waals surface area contributed by atoms with Crippen molar-refractivity contribution in [2.24, 2.45) is 0 Å². The molecule has 0 spiro atoms. The fourth-order valence-corrected chi connectivity index (χ4v) is 5.07. The second-order valence-electron chi connectivity index (χ2n) is 9.15. The second-order valence-corrected chi connectivity index (χ2v) is 9.15. The summed E-state index contributed by atoms with van der Waals surface area (Å²) < 4.78 is 2.14. The first kappa shape index (κ1) is 21.5. The molecule has 6 aromatic rings. The van der Waals surface area contributed by atoms with Gasteiger partial charge in [0.1, 0.15) is 0 Å². The summed E-state index contributed by atoms with van der Waals surface area (Å²) in [4.78, 5) is 0. The van der Waals surface area contributed by atoms with Crippen molar-refractivity contribution in [3.05, 3.63) is 120 Å². The van der Waals surface area contributed by atoms with Gasteiger partial charge in [0.2, 0.25) is 5.52 Å². The Morgan fingerprint density at radius 3 is 2.00 bits per heavy atom. The minimum absolute atomic E-state index is 0.0854. The lowest BCUT2D eigenvalue weighted by Gasteiger charge is -2.11. The van der Waals surface area contributed by atoms with Gasteiger partial charge < -0.3 is 10.2 Å². The van der Waals surface area contributed by atoms with Gasteiger partial charge in [-0.05, 0) is 74.8 Å². The molecule has 3 nitrogen and oxygen atoms in total. The Hall–Kier alpha value is -4.05. The van der Waals surface area contributed by atoms with Crippen molar-refractivity contribution in [3.8, 4) is 22.3 Å². The van der Waals surface area contributed by atoms with Gasteiger partial charge >= 0.3 is 0 Å². The number of nitrogens with zero attached hydrogens (tertiary/aromatic N) is 1. The molecular weight excluding hydrogens is 430 g/mol. The molecule has 0 atom stereocenters. The number of pyridine rings is 2. The summed E-state index contributed by atoms with van der Waals surface area (Å²) in [5.41, 5.74) is 8.72. The molecule has 0 fully saturated rings. The largest absolute Gasteiger partial charge is 0.392 e. The third kappa shape index (κ3) is 3.75. The van der Waals surface area contributed by atoms with E-state index in [9.17, 15) is 10.2 Å². The molecule has 0 amide bonds. The summed E-state index contributed by atoms with van der Waals surface area (Å²) in [5.74, 6) is 0. The number of benzene rings is 4. The van der Waals surface area contributed by atoms with Gasteiger partial charge in [-0.25, -0.2) is 0 Å². The number of aliphatic hydroxyl groups excluding tert-OH is 2. The number of hydrogen-bond donors (Lipinski definition) is 2. The van der Waals surface area contributed by atoms with Crippen LogP contribution >= 0.6 is 0 Å². The van der Waals surface area contributed by atoms with E-state index in [1.807, 2.05) is 18.2 Å². The van der Waals surface area contributed by atoms with E-state index in [0.29, 0.717) is 0 Å². The Morgan fingerprint density at radius 2 is 1.29 bits per heavy atom. The first-order chi connectivity index (χ1) is 17.1. The van der Waals surface area contributed by atoms with Crippen molar-refractivity contribution in [3.63, 3.8) is 0 Å². The Labute approximate surface area is 204 Å². The highest BCUT2D eigenvalue weighted by molar-refractivity contribution is 6.00. The smallest absolute Gasteiger partial charge is 0.219 e. The molecule has 0 aliphatic carbocycles. The summed E-state index contributed by atoms with van der Waals surface area (Å²) in [6.07, 6.45) is 4.18. The molecular formula is C32H26NO2+. The average Bonchev–Trinajstić information content (AvgIpc) is 2.91. The average molecular weight is 457 g/mol. The molecule has 35 heavy (non-hydrogen) atoms. The predicted molar refractivity (Wildman–Crippen MR) is 142 cm³/mol. The van der Waals surface area contributed by atoms with Gasteiger partial charge in [-0.15, -0.1) is 0 Å². The minimum atomic E-state index is -0.0884. The number of hydrogen-bond acceptors (Lipinski definition) is 2. The van der Waals surface area contributed by atoms with E-state index >= 15 is 0 Å². The van der Waals surface area contributed by atoms with Gasteiger partial charge in [-0.1, -0.05) is 60.7 Å². The van der Waals surface area contributed by atoms with Crippen LogP contribution in [0.2, 0.25) is 0 Å². The zero-order chi connectivity index (χ0) is 23.9. The summed E-state index contributed by atoms with van der Waals surface area (Å²) in [5, 5.41) is 23.9. The Bertz CT molecular complexity index is 1700. The second kappa shape index (κ2) is 8.62. The van der Waals surface area contributed by atoms with Gasteiger partial charge in [-0.2, -0.15) is 4.40 Å². The van der Waals surface area contributed by atoms with Crippen LogP contribution in [-0.2, 0) is 13.2 Å². The fourth-order valence-electron chi connectivity index (χ4n) is 5.07. The summed E-state index contributed by atoms with van der Waals surface area (Å²) in [7, 11) is 0. The van der Waals surface area contributed by atoms with Crippen LogP contribution in [0.5, 0.6) is 0 Å². The van der Waals surface area contributed by atoms with Crippen LogP contribution in [0.4, 0.5) is 0 Å². The van der Waals surface area contributed by atoms with Gasteiger partial charge in [-0.3, -0.25) is 0 Å². The maximum absolute atomic E-state index is 9.76. The van der Waals surface area contributed by atoms with E-state index in [1.54, 1.807) is 0 Å². The van der Waals surface area contributed by atoms with Gasteiger partial charge in [0.15, 0.2) is 12.4 Å². The van der Waals surface area contributed by atoms with Crippen LogP contribution in [0, 0.1) is 6.92 Å². The lowest BCUT2D eigenvalue weighted by Crippen LogP contribution is -2.20. The maximum Gasteiger partial charge on any atom is 0.219 e. The van der Waals surface area contributed by atoms with E-state index < -0.39 is 0 Å². The highest BCUT2D eigenvalue weighted by Gasteiger charge is 2.15. The lowest BCUT2D eigenvalue weighted by molar-refractivity contribution is -0.509. The first-order valence-corrected chi connectivity index (χ1v) is 11.9. The molecule has 0 saturated carbocycles. The predicted octanol–water partition coefficient (Wildman–Crippen LogP) is 6.36. The van der Waals surface area contributed by atoms with Crippen molar-refractivity contribution in [1.82, 2.24) is 0 Å². The van der Waals surface area contributed by atoms with Crippen molar-refractivity contribution in [1.29, 1.82) is 0 Å². The lowest BCUT2D eigenvalue weighted by atomic mass is 9.94. The van der Waals surface area contributed by atoms with E-state index in [0.717, 1.165) is 27.4 Å². The third-order valence-electron chi connectivity index (χ3n) is 6.98. The Balaban J connectivity index is 1.52. The topological polar surface area (TPSA) is 44.6 Å². The number of aliphatic hydroxyl groups is 2. The van der Waals surface area contributed by atoms with Crippen LogP contribution in [0.25, 0.3) is 49.3 Å². The van der Waals surface area contributed by atoms with E-state index in [-0.39, 0.29) is 13.2 Å². The molecule has 3 heteroatoms. The normalized spacial score (nSPS) is 11.5. The van der Waals surface area contributed by atoms with Crippen molar-refractivity contribution >= 4 is 27.1 Å². The van der Waals surface area contributed by atoms with Gasteiger partial charge in [0.25, 0.3) is 0 Å². The molecule has 6 rings (SSSR count). The fraction of sp³-hybridized carbons (Fsp3) is 0.0938. The molecule has 4 aromatic carbocycles. The number of fused-ring (bicyclic) bond motifs is 4. The van der Waals surface area contributed by atoms with Crippen LogP contribution < -0.4 is 4.40 Å². The van der Waals surface area contributed by atoms with Crippen LogP contribution in [0.3, 0.4) is 0 Å². The van der Waals surface area contributed by atoms with Crippen LogP contribution in [0.15, 0.2) is 103 Å². The van der Waals surface area contributed by atoms with Crippen LogP contribution in [0.1, 0.15) is 16.7 Å². The highest BCUT2D eigenvalue weighted by atomic mass is 16.3. The summed E-state index contributed by atoms with van der Waals surface area (Å²) in [6.45, 7) is 1.99. The Morgan fingerprint density at radius 1 is 0.629 bits per heavy atom. The number of aryl methyl sites for hydroxylation is 1. The van der Waals surface area contributed by atoms with Crippen molar-refractivity contribution in [2.45, 2.75) is 20.1 Å². The zero-order valence-corrected chi connectivity index (χ0v) is 19.6. The summed E-state index contributed by atoms with van der Waals surface area (Å²) in [6, 6.07) is 32.0. The molecule has 2 aromatic heterocycles. The molecule has 170 valence electrons. The molecule has 0 saturated heterocycles. The van der Waals surface area contributed by atoms with Crippen LogP contribution in [-0.4, -0.2) is 10.2 Å². The SMILES string of the molecule is Cc1cc2cc[n+]3cc4cc(CO)c(CO)cc4cc3c2cc1-c1ccc(-c2ccccc2)cc1. The van der Waals surface area contributed by atoms with E-state index in [2.05, 4.69) is 96.5 Å². The summed E-state index contributed by atoms with van der Waals surface area (Å²) >= 11 is 0. The quantitative estimate of drug-likeness (QED) is 0.184. The zero-order valence-electron chi connectivity index (χ0n) is 19.6. The van der Waals surface area contributed by atoms with Gasteiger partial charge in [0.05, 0.1) is 18.6 Å². The molecule has 0 radical (unpaired) electrons. The molecule has 2 N–H and O–H groups in total. The maximum atomic E-state index is 9.76. The number of rotatable bonds is 4. The monoisotopic (exact) mass is 456 g/mol. The van der Waals surface area contributed by atoms with Crippen molar-refractivity contribution < 1.29 is 14.6 Å². The minimum Gasteiger partial charge on any atom is -0.392 e. The molecule has 0 aliphatic rings. The van der Waals surface area contributed by atoms with E-state index in [4.69, 9.17) is 0 Å². The van der Waals surface area contributed by atoms with Gasteiger partial charge in [0, 0.05) is 17.5 Å². The highest BCUT2D eigenvalue weighted by Crippen LogP contribution is 2.32. The Kier molecular flexibility index (Phi) is 5.29. The molecule has 0 bridgehead atoms. The molecule has 2 heterocycles. The standard InChI is InChI=1S/C32H26NO2/c1-21-13-25-11-12-33-18-27-15-29(20-35)28(19-34)14-26(27)16-32(33)31(25)17-30(21)24-9-7-23(8-10-24)22-5-3-2-4-6-22/h2-18,34-35H,19-20H2,1H3/q+1.